The van der Waals surface area contributed by atoms with E-state index in [0.29, 0.717) is 6.71 Å². The summed E-state index contributed by atoms with van der Waals surface area (Å²) < 4.78 is 0. The smallest absolute Gasteiger partial charge is 0.0837 e. The van der Waals surface area contributed by atoms with Crippen LogP contribution in [0, 0.1) is 48.5 Å². The number of benzene rings is 3. The molecule has 0 radical (unpaired) electrons. The van der Waals surface area contributed by atoms with Crippen LogP contribution in [0.5, 0.6) is 0 Å². The van der Waals surface area contributed by atoms with Crippen LogP contribution in [-0.4, -0.2) is 30.3 Å². The third kappa shape index (κ3) is 2.95. The zero-order valence-corrected chi connectivity index (χ0v) is 20.5. The van der Waals surface area contributed by atoms with Crippen LogP contribution in [0.2, 0.25) is 0 Å². The zero-order valence-electron chi connectivity index (χ0n) is 20.5. The molecule has 0 N–H and O–H groups in total. The average Bonchev–Trinajstić information content (AvgIpc) is 2.68. The molecule has 30 heavy (non-hydrogen) atoms. The van der Waals surface area contributed by atoms with E-state index in [1.54, 1.807) is 16.5 Å². The lowest BCUT2D eigenvalue weighted by molar-refractivity contribution is 1.19. The van der Waals surface area contributed by atoms with E-state index in [4.69, 9.17) is 0 Å². The maximum Gasteiger partial charge on any atom is 0.243 e. The second-order valence-electron chi connectivity index (χ2n) is 9.83. The molecule has 148 valence electrons. The molecule has 1 heterocycles. The average molecular weight is 388 g/mol. The molecule has 0 atom stereocenters. The van der Waals surface area contributed by atoms with Gasteiger partial charge in [-0.15, -0.1) is 0 Å². The third-order valence-electron chi connectivity index (χ3n) is 8.17. The minimum absolute atomic E-state index is 0.321. The number of aryl methyl sites for hydroxylation is 5. The topological polar surface area (TPSA) is 0 Å². The summed E-state index contributed by atoms with van der Waals surface area (Å²) >= 11 is 0. The van der Waals surface area contributed by atoms with Crippen molar-refractivity contribution in [1.29, 1.82) is 0 Å². The van der Waals surface area contributed by atoms with E-state index >= 15 is 0 Å². The van der Waals surface area contributed by atoms with E-state index in [2.05, 4.69) is 90.2 Å². The fourth-order valence-corrected chi connectivity index (χ4v) is 5.92. The number of rotatable bonds is 1. The minimum atomic E-state index is 0.321. The van der Waals surface area contributed by atoms with Crippen LogP contribution in [0.25, 0.3) is 0 Å². The molecule has 4 heteroatoms. The van der Waals surface area contributed by atoms with Crippen molar-refractivity contribution in [3.8, 4) is 0 Å². The van der Waals surface area contributed by atoms with Crippen molar-refractivity contribution in [1.82, 2.24) is 0 Å². The zero-order chi connectivity index (χ0) is 22.1. The van der Waals surface area contributed by atoms with Crippen molar-refractivity contribution in [2.45, 2.75) is 54.9 Å². The van der Waals surface area contributed by atoms with E-state index in [0.717, 1.165) is 6.42 Å². The molecular formula is C26H32B4. The van der Waals surface area contributed by atoms with Gasteiger partial charge in [0.1, 0.15) is 23.5 Å². The molecule has 4 rings (SSSR count). The highest BCUT2D eigenvalue weighted by atomic mass is 14.2. The third-order valence-corrected chi connectivity index (χ3v) is 8.17. The summed E-state index contributed by atoms with van der Waals surface area (Å²) in [6.07, 6.45) is 1.06. The lowest BCUT2D eigenvalue weighted by Gasteiger charge is -2.35. The molecule has 0 bridgehead atoms. The summed E-state index contributed by atoms with van der Waals surface area (Å²) in [6, 6.07) is 7.28. The lowest BCUT2D eigenvalue weighted by Crippen LogP contribution is -2.63. The standard InChI is InChI=1S/C26H32B4/c1-12-8-15(4)24(17(6)21(12)27)30-25-16(5)9-13(2)23(29)20(25)11-19-10-14(3)22(28)18(7)26(19)30/h8-10H,11,27-29H2,1-7H3. The summed E-state index contributed by atoms with van der Waals surface area (Å²) in [6.45, 7) is 16.4. The number of hydrogen-bond donors (Lipinski definition) is 0. The van der Waals surface area contributed by atoms with Gasteiger partial charge in [0.25, 0.3) is 0 Å². The summed E-state index contributed by atoms with van der Waals surface area (Å²) in [5.74, 6) is 0. The molecule has 0 fully saturated rings. The van der Waals surface area contributed by atoms with Crippen LogP contribution in [0.1, 0.15) is 50.1 Å². The second-order valence-corrected chi connectivity index (χ2v) is 9.83. The Morgan fingerprint density at radius 3 is 1.63 bits per heavy atom. The predicted molar refractivity (Wildman–Crippen MR) is 144 cm³/mol. The van der Waals surface area contributed by atoms with Gasteiger partial charge in [-0.25, -0.2) is 0 Å². The number of fused-ring (bicyclic) bond motifs is 2. The van der Waals surface area contributed by atoms with Crippen molar-refractivity contribution in [2.75, 3.05) is 0 Å². The van der Waals surface area contributed by atoms with Gasteiger partial charge in [-0.05, 0) is 60.5 Å². The van der Waals surface area contributed by atoms with Gasteiger partial charge in [-0.1, -0.05) is 95.5 Å². The van der Waals surface area contributed by atoms with E-state index in [-0.39, 0.29) is 0 Å². The van der Waals surface area contributed by atoms with Gasteiger partial charge in [0.15, 0.2) is 0 Å². The first kappa shape index (κ1) is 21.2. The largest absolute Gasteiger partial charge is 0.243 e. The Labute approximate surface area is 186 Å². The molecule has 0 aliphatic carbocycles. The molecule has 1 aliphatic heterocycles. The van der Waals surface area contributed by atoms with Crippen molar-refractivity contribution in [2.24, 2.45) is 0 Å². The summed E-state index contributed by atoms with van der Waals surface area (Å²) in [4.78, 5) is 0. The molecule has 0 saturated carbocycles. The molecule has 0 saturated heterocycles. The minimum Gasteiger partial charge on any atom is -0.0837 e. The SMILES string of the molecule is Bc1c(C)cc(C)c(B2c3c(cc(C)c(B)c3C)Cc3c(B)c(C)cc(C)c32)c1C. The van der Waals surface area contributed by atoms with E-state index < -0.39 is 0 Å². The van der Waals surface area contributed by atoms with Gasteiger partial charge < -0.3 is 0 Å². The molecule has 0 unspecified atom stereocenters. The monoisotopic (exact) mass is 388 g/mol. The molecule has 0 spiro atoms. The van der Waals surface area contributed by atoms with Gasteiger partial charge >= 0.3 is 0 Å². The van der Waals surface area contributed by atoms with Gasteiger partial charge in [-0.2, -0.15) is 0 Å². The summed E-state index contributed by atoms with van der Waals surface area (Å²) in [5.41, 5.74) is 22.1. The van der Waals surface area contributed by atoms with Crippen molar-refractivity contribution >= 4 is 63.0 Å². The van der Waals surface area contributed by atoms with E-state index in [1.807, 2.05) is 0 Å². The Morgan fingerprint density at radius 1 is 0.567 bits per heavy atom. The maximum absolute atomic E-state index is 2.47. The van der Waals surface area contributed by atoms with Gasteiger partial charge in [0, 0.05) is 0 Å². The first-order valence-electron chi connectivity index (χ1n) is 11.3. The van der Waals surface area contributed by atoms with Gasteiger partial charge in [0.2, 0.25) is 6.71 Å². The van der Waals surface area contributed by atoms with Crippen molar-refractivity contribution in [3.05, 3.63) is 68.3 Å². The highest BCUT2D eigenvalue weighted by Gasteiger charge is 2.36. The normalized spacial score (nSPS) is 12.7. The van der Waals surface area contributed by atoms with Gasteiger partial charge in [0.05, 0.1) is 0 Å². The van der Waals surface area contributed by atoms with Gasteiger partial charge in [-0.3, -0.25) is 0 Å². The fraction of sp³-hybridized carbons (Fsp3) is 0.308. The Morgan fingerprint density at radius 2 is 1.03 bits per heavy atom. The Kier molecular flexibility index (Phi) is 5.12. The maximum atomic E-state index is 2.47. The molecule has 0 amide bonds. The first-order valence-corrected chi connectivity index (χ1v) is 11.3. The summed E-state index contributed by atoms with van der Waals surface area (Å²) in [7, 11) is 6.91. The molecule has 3 aromatic rings. The van der Waals surface area contributed by atoms with E-state index in [9.17, 15) is 0 Å². The molecule has 0 nitrogen and oxygen atoms in total. The lowest BCUT2D eigenvalue weighted by atomic mass is 9.30. The highest BCUT2D eigenvalue weighted by molar-refractivity contribution is 6.98. The molecule has 3 aromatic carbocycles. The quantitative estimate of drug-likeness (QED) is 0.369. The van der Waals surface area contributed by atoms with Crippen LogP contribution in [0.4, 0.5) is 0 Å². The molecular weight excluding hydrogens is 356 g/mol. The van der Waals surface area contributed by atoms with Crippen LogP contribution in [0.3, 0.4) is 0 Å². The Bertz CT molecular complexity index is 1180. The predicted octanol–water partition coefficient (Wildman–Crippen LogP) is -0.959. The van der Waals surface area contributed by atoms with Crippen LogP contribution >= 0.6 is 0 Å². The van der Waals surface area contributed by atoms with Crippen molar-refractivity contribution < 1.29 is 0 Å². The number of hydrogen-bond acceptors (Lipinski definition) is 0. The van der Waals surface area contributed by atoms with Crippen molar-refractivity contribution in [3.63, 3.8) is 0 Å². The van der Waals surface area contributed by atoms with Crippen LogP contribution < -0.4 is 32.8 Å². The Balaban J connectivity index is 2.19. The van der Waals surface area contributed by atoms with Crippen LogP contribution in [-0.2, 0) is 6.42 Å². The first-order chi connectivity index (χ1) is 14.0. The molecule has 1 aliphatic rings. The van der Waals surface area contributed by atoms with E-state index in [1.165, 1.54) is 66.4 Å². The summed E-state index contributed by atoms with van der Waals surface area (Å²) in [5, 5.41) is 0. The fourth-order valence-electron chi connectivity index (χ4n) is 5.92. The highest BCUT2D eigenvalue weighted by Crippen LogP contribution is 2.20. The van der Waals surface area contributed by atoms with Crippen LogP contribution in [0.15, 0.2) is 18.2 Å². The second kappa shape index (κ2) is 7.26. The molecule has 0 aromatic heterocycles. The Hall–Kier alpha value is -2.08.